The Bertz CT molecular complexity index is 747. The summed E-state index contributed by atoms with van der Waals surface area (Å²) in [6, 6.07) is 15.4. The molecule has 0 N–H and O–H groups in total. The van der Waals surface area contributed by atoms with Crippen molar-refractivity contribution in [1.82, 2.24) is 14.8 Å². The number of aryl methyl sites for hydroxylation is 1. The van der Waals surface area contributed by atoms with E-state index in [9.17, 15) is 0 Å². The fraction of sp³-hybridized carbons (Fsp3) is 0.476. The molecule has 0 amide bonds. The van der Waals surface area contributed by atoms with Crippen LogP contribution in [-0.4, -0.2) is 48.6 Å². The number of hydrogen-bond donors (Lipinski definition) is 0. The molecule has 25 heavy (non-hydrogen) atoms. The molecule has 2 saturated heterocycles. The Labute approximate surface area is 150 Å². The van der Waals surface area contributed by atoms with Gasteiger partial charge in [-0.2, -0.15) is 0 Å². The topological polar surface area (TPSA) is 28.6 Å². The van der Waals surface area contributed by atoms with Crippen LogP contribution in [0, 0.1) is 18.8 Å². The quantitative estimate of drug-likeness (QED) is 0.857. The molecular weight excluding hydrogens is 310 g/mol. The Kier molecular flexibility index (Phi) is 4.48. The van der Waals surface area contributed by atoms with E-state index < -0.39 is 0 Å². The smallest absolute Gasteiger partial charge is 0.213 e. The van der Waals surface area contributed by atoms with Crippen LogP contribution in [0.2, 0.25) is 0 Å². The molecule has 0 aliphatic carbocycles. The van der Waals surface area contributed by atoms with Gasteiger partial charge in [-0.25, -0.2) is 4.98 Å². The van der Waals surface area contributed by atoms with Crippen molar-refractivity contribution >= 4 is 0 Å². The summed E-state index contributed by atoms with van der Waals surface area (Å²) in [5.74, 6) is 2.16. The molecule has 3 heterocycles. The molecule has 3 atom stereocenters. The summed E-state index contributed by atoms with van der Waals surface area (Å²) in [7, 11) is 3.96. The minimum atomic E-state index is 0.537. The standard InChI is InChI=1S/C21H27N3O/c1-15-7-4-5-9-18(15)21-19-14-24(12-16(19)11-23(21)2)13-17-8-6-10-20(22-17)25-3/h4-10,16,19,21H,11-14H2,1-3H3/t16-,19+,21+/m0/s1. The zero-order valence-electron chi connectivity index (χ0n) is 15.4. The molecule has 1 aromatic carbocycles. The van der Waals surface area contributed by atoms with Gasteiger partial charge in [0.25, 0.3) is 0 Å². The molecule has 132 valence electrons. The second-order valence-corrected chi connectivity index (χ2v) is 7.53. The van der Waals surface area contributed by atoms with Gasteiger partial charge in [0.05, 0.1) is 12.8 Å². The van der Waals surface area contributed by atoms with Gasteiger partial charge in [-0.05, 0) is 43.0 Å². The first-order valence-electron chi connectivity index (χ1n) is 9.13. The fourth-order valence-corrected chi connectivity index (χ4v) is 4.75. The average molecular weight is 337 g/mol. The molecule has 0 radical (unpaired) electrons. The average Bonchev–Trinajstić information content (AvgIpc) is 3.11. The zero-order chi connectivity index (χ0) is 17.4. The van der Waals surface area contributed by atoms with Gasteiger partial charge in [-0.3, -0.25) is 9.80 Å². The second-order valence-electron chi connectivity index (χ2n) is 7.53. The molecule has 4 rings (SSSR count). The summed E-state index contributed by atoms with van der Waals surface area (Å²) in [6.07, 6.45) is 0. The third kappa shape index (κ3) is 3.16. The molecule has 2 aliphatic heterocycles. The van der Waals surface area contributed by atoms with Crippen LogP contribution in [0.5, 0.6) is 5.88 Å². The van der Waals surface area contributed by atoms with Crippen molar-refractivity contribution in [2.24, 2.45) is 11.8 Å². The maximum absolute atomic E-state index is 5.26. The molecule has 0 bridgehead atoms. The Morgan fingerprint density at radius 2 is 1.92 bits per heavy atom. The van der Waals surface area contributed by atoms with Crippen molar-refractivity contribution < 1.29 is 4.74 Å². The van der Waals surface area contributed by atoms with Crippen LogP contribution in [-0.2, 0) is 6.54 Å². The molecule has 4 heteroatoms. The Balaban J connectivity index is 1.50. The molecule has 2 aromatic rings. The van der Waals surface area contributed by atoms with Crippen molar-refractivity contribution in [3.63, 3.8) is 0 Å². The van der Waals surface area contributed by atoms with E-state index in [0.29, 0.717) is 17.8 Å². The number of likely N-dealkylation sites (tertiary alicyclic amines) is 2. The van der Waals surface area contributed by atoms with Crippen LogP contribution in [0.4, 0.5) is 0 Å². The highest BCUT2D eigenvalue weighted by molar-refractivity contribution is 5.31. The SMILES string of the molecule is COc1cccc(CN2C[C@@H]3CN(C)[C@H](c4ccccc4C)[C@@H]3C2)n1. The first-order chi connectivity index (χ1) is 12.2. The summed E-state index contributed by atoms with van der Waals surface area (Å²) >= 11 is 0. The number of methoxy groups -OCH3 is 1. The largest absolute Gasteiger partial charge is 0.481 e. The first kappa shape index (κ1) is 16.6. The van der Waals surface area contributed by atoms with Gasteiger partial charge in [-0.1, -0.05) is 30.3 Å². The van der Waals surface area contributed by atoms with Gasteiger partial charge in [0.2, 0.25) is 5.88 Å². The van der Waals surface area contributed by atoms with Crippen LogP contribution in [0.3, 0.4) is 0 Å². The third-order valence-electron chi connectivity index (χ3n) is 5.85. The van der Waals surface area contributed by atoms with E-state index in [0.717, 1.165) is 31.2 Å². The highest BCUT2D eigenvalue weighted by Crippen LogP contribution is 2.45. The van der Waals surface area contributed by atoms with Crippen LogP contribution < -0.4 is 4.74 Å². The van der Waals surface area contributed by atoms with Gasteiger partial charge in [0.1, 0.15) is 0 Å². The summed E-state index contributed by atoms with van der Waals surface area (Å²) < 4.78 is 5.26. The van der Waals surface area contributed by atoms with E-state index in [2.05, 4.69) is 59.1 Å². The number of benzene rings is 1. The lowest BCUT2D eigenvalue weighted by atomic mass is 9.88. The van der Waals surface area contributed by atoms with Crippen LogP contribution in [0.15, 0.2) is 42.5 Å². The molecule has 0 spiro atoms. The fourth-order valence-electron chi connectivity index (χ4n) is 4.75. The normalized spacial score (nSPS) is 26.8. The monoisotopic (exact) mass is 337 g/mol. The predicted octanol–water partition coefficient (Wildman–Crippen LogP) is 3.13. The highest BCUT2D eigenvalue weighted by Gasteiger charge is 2.46. The molecule has 4 nitrogen and oxygen atoms in total. The van der Waals surface area contributed by atoms with Crippen molar-refractivity contribution in [2.75, 3.05) is 33.8 Å². The first-order valence-corrected chi connectivity index (χ1v) is 9.13. The Hall–Kier alpha value is -1.91. The minimum absolute atomic E-state index is 0.537. The summed E-state index contributed by atoms with van der Waals surface area (Å²) in [4.78, 5) is 9.70. The zero-order valence-corrected chi connectivity index (χ0v) is 15.4. The lowest BCUT2D eigenvalue weighted by molar-refractivity contribution is 0.222. The van der Waals surface area contributed by atoms with E-state index in [-0.39, 0.29) is 0 Å². The van der Waals surface area contributed by atoms with Crippen LogP contribution in [0.25, 0.3) is 0 Å². The maximum atomic E-state index is 5.26. The molecular formula is C21H27N3O. The number of pyridine rings is 1. The summed E-state index contributed by atoms with van der Waals surface area (Å²) in [6.45, 7) is 6.65. The van der Waals surface area contributed by atoms with E-state index >= 15 is 0 Å². The molecule has 2 fully saturated rings. The van der Waals surface area contributed by atoms with E-state index in [4.69, 9.17) is 4.74 Å². The lowest BCUT2D eigenvalue weighted by Crippen LogP contribution is -2.29. The van der Waals surface area contributed by atoms with Crippen LogP contribution in [0.1, 0.15) is 22.9 Å². The number of rotatable bonds is 4. The number of fused-ring (bicyclic) bond motifs is 1. The van der Waals surface area contributed by atoms with Crippen molar-refractivity contribution in [3.05, 3.63) is 59.3 Å². The molecule has 1 aromatic heterocycles. The van der Waals surface area contributed by atoms with Gasteiger partial charge >= 0.3 is 0 Å². The van der Waals surface area contributed by atoms with Gasteiger partial charge in [-0.15, -0.1) is 0 Å². The van der Waals surface area contributed by atoms with Gasteiger partial charge < -0.3 is 4.74 Å². The van der Waals surface area contributed by atoms with E-state index in [1.807, 2.05) is 12.1 Å². The van der Waals surface area contributed by atoms with Crippen LogP contribution >= 0.6 is 0 Å². The third-order valence-corrected chi connectivity index (χ3v) is 5.85. The number of hydrogen-bond acceptors (Lipinski definition) is 4. The Morgan fingerprint density at radius 3 is 2.72 bits per heavy atom. The molecule has 0 unspecified atom stereocenters. The van der Waals surface area contributed by atoms with Crippen molar-refractivity contribution in [2.45, 2.75) is 19.5 Å². The van der Waals surface area contributed by atoms with Gasteiger partial charge in [0, 0.05) is 38.3 Å². The number of nitrogens with zero attached hydrogens (tertiary/aromatic N) is 3. The molecule has 2 aliphatic rings. The van der Waals surface area contributed by atoms with E-state index in [1.54, 1.807) is 7.11 Å². The summed E-state index contributed by atoms with van der Waals surface area (Å²) in [5.41, 5.74) is 4.01. The highest BCUT2D eigenvalue weighted by atomic mass is 16.5. The van der Waals surface area contributed by atoms with Gasteiger partial charge in [0.15, 0.2) is 0 Å². The molecule has 0 saturated carbocycles. The van der Waals surface area contributed by atoms with Crippen molar-refractivity contribution in [3.8, 4) is 5.88 Å². The van der Waals surface area contributed by atoms with Crippen molar-refractivity contribution in [1.29, 1.82) is 0 Å². The lowest BCUT2D eigenvalue weighted by Gasteiger charge is -2.28. The predicted molar refractivity (Wildman–Crippen MR) is 99.6 cm³/mol. The number of ether oxygens (including phenoxy) is 1. The number of aromatic nitrogens is 1. The maximum Gasteiger partial charge on any atom is 0.213 e. The Morgan fingerprint density at radius 1 is 1.08 bits per heavy atom. The minimum Gasteiger partial charge on any atom is -0.481 e. The van der Waals surface area contributed by atoms with E-state index in [1.165, 1.54) is 17.7 Å². The second kappa shape index (κ2) is 6.77. The summed E-state index contributed by atoms with van der Waals surface area (Å²) in [5, 5.41) is 0.